The number of nitrogens with two attached hydrogens (primary N) is 1. The average Bonchev–Trinajstić information content (AvgIpc) is 3.19. The van der Waals surface area contributed by atoms with Crippen LogP contribution < -0.4 is 9.88 Å². The average molecular weight is 420 g/mol. The third kappa shape index (κ3) is 3.85. The number of aryl methyl sites for hydroxylation is 1. The fraction of sp³-hybridized carbons (Fsp3) is 0.0870. The van der Waals surface area contributed by atoms with Crippen LogP contribution in [0.25, 0.3) is 33.6 Å². The Morgan fingerprint density at radius 1 is 0.867 bits per heavy atom. The summed E-state index contributed by atoms with van der Waals surface area (Å²) in [7, 11) is -2.21. The molecule has 4 rings (SSSR count). The Morgan fingerprint density at radius 2 is 1.53 bits per heavy atom. The van der Waals surface area contributed by atoms with E-state index in [-0.39, 0.29) is 4.90 Å². The number of nitrogens with zero attached hydrogens (tertiary/aromatic N) is 1. The van der Waals surface area contributed by atoms with E-state index >= 15 is 0 Å². The zero-order valence-electron chi connectivity index (χ0n) is 16.5. The Balaban J connectivity index is 1.82. The van der Waals surface area contributed by atoms with E-state index in [1.54, 1.807) is 26.2 Å². The van der Waals surface area contributed by atoms with E-state index in [0.717, 1.165) is 28.0 Å². The van der Waals surface area contributed by atoms with Crippen LogP contribution >= 0.6 is 0 Å². The van der Waals surface area contributed by atoms with Crippen LogP contribution in [-0.2, 0) is 10.0 Å². The molecule has 0 amide bonds. The van der Waals surface area contributed by atoms with Gasteiger partial charge in [-0.15, -0.1) is 0 Å². The van der Waals surface area contributed by atoms with Crippen molar-refractivity contribution in [3.8, 4) is 39.3 Å². The second kappa shape index (κ2) is 7.78. The van der Waals surface area contributed by atoms with Gasteiger partial charge in [-0.3, -0.25) is 0 Å². The van der Waals surface area contributed by atoms with Crippen LogP contribution in [0.4, 0.5) is 0 Å². The predicted molar refractivity (Wildman–Crippen MR) is 115 cm³/mol. The van der Waals surface area contributed by atoms with E-state index in [1.807, 2.05) is 48.5 Å². The lowest BCUT2D eigenvalue weighted by Gasteiger charge is -2.12. The molecule has 6 nitrogen and oxygen atoms in total. The first kappa shape index (κ1) is 19.9. The van der Waals surface area contributed by atoms with Crippen LogP contribution in [0, 0.1) is 6.92 Å². The maximum atomic E-state index is 11.9. The highest BCUT2D eigenvalue weighted by Gasteiger charge is 2.17. The third-order valence-electron chi connectivity index (χ3n) is 4.83. The minimum absolute atomic E-state index is 0.0148. The molecule has 7 heteroatoms. The molecule has 0 saturated carbocycles. The molecule has 0 fully saturated rings. The number of hydrogen-bond acceptors (Lipinski definition) is 5. The molecule has 0 aliphatic carbocycles. The molecule has 0 bridgehead atoms. The molecule has 3 aromatic carbocycles. The van der Waals surface area contributed by atoms with Crippen molar-refractivity contribution in [2.24, 2.45) is 5.14 Å². The van der Waals surface area contributed by atoms with Crippen molar-refractivity contribution in [1.82, 2.24) is 5.16 Å². The first-order valence-corrected chi connectivity index (χ1v) is 10.8. The molecule has 152 valence electrons. The van der Waals surface area contributed by atoms with E-state index < -0.39 is 10.0 Å². The summed E-state index contributed by atoms with van der Waals surface area (Å²) in [6, 6.07) is 22.2. The first-order chi connectivity index (χ1) is 14.4. The summed E-state index contributed by atoms with van der Waals surface area (Å²) >= 11 is 0. The molecule has 0 unspecified atom stereocenters. The number of rotatable bonds is 5. The number of hydrogen-bond donors (Lipinski definition) is 1. The molecule has 4 aromatic rings. The van der Waals surface area contributed by atoms with Gasteiger partial charge in [0.2, 0.25) is 10.0 Å². The molecule has 0 radical (unpaired) electrons. The molecular formula is C23H20N2O4S. The maximum absolute atomic E-state index is 11.9. The summed E-state index contributed by atoms with van der Waals surface area (Å²) in [5.74, 6) is 1.27. The molecule has 0 saturated heterocycles. The molecule has 0 aliphatic heterocycles. The van der Waals surface area contributed by atoms with Gasteiger partial charge in [-0.2, -0.15) is 0 Å². The van der Waals surface area contributed by atoms with Crippen molar-refractivity contribution in [3.63, 3.8) is 0 Å². The minimum atomic E-state index is -3.85. The quantitative estimate of drug-likeness (QED) is 0.507. The number of benzene rings is 3. The monoisotopic (exact) mass is 420 g/mol. The highest BCUT2D eigenvalue weighted by molar-refractivity contribution is 7.89. The molecular weight excluding hydrogens is 400 g/mol. The van der Waals surface area contributed by atoms with Crippen molar-refractivity contribution in [2.75, 3.05) is 7.11 Å². The summed E-state index contributed by atoms with van der Waals surface area (Å²) in [5.41, 5.74) is 5.01. The Morgan fingerprint density at radius 3 is 2.13 bits per heavy atom. The van der Waals surface area contributed by atoms with Gasteiger partial charge in [-0.25, -0.2) is 13.6 Å². The van der Waals surface area contributed by atoms with Crippen molar-refractivity contribution in [3.05, 3.63) is 78.5 Å². The summed E-state index contributed by atoms with van der Waals surface area (Å²) in [6.07, 6.45) is 0. The highest BCUT2D eigenvalue weighted by atomic mass is 32.2. The smallest absolute Gasteiger partial charge is 0.238 e. The van der Waals surface area contributed by atoms with Gasteiger partial charge in [0, 0.05) is 17.2 Å². The molecule has 30 heavy (non-hydrogen) atoms. The van der Waals surface area contributed by atoms with E-state index in [9.17, 15) is 8.42 Å². The lowest BCUT2D eigenvalue weighted by Crippen LogP contribution is -2.12. The van der Waals surface area contributed by atoms with Crippen molar-refractivity contribution < 1.29 is 17.7 Å². The Bertz CT molecular complexity index is 1310. The van der Waals surface area contributed by atoms with Gasteiger partial charge in [-0.05, 0) is 41.8 Å². The second-order valence-corrected chi connectivity index (χ2v) is 8.42. The number of para-hydroxylation sites is 1. The van der Waals surface area contributed by atoms with Crippen molar-refractivity contribution in [2.45, 2.75) is 11.8 Å². The SMILES string of the molecule is COc1ccccc1-c1ccc(-c2ccc(S(N)(=O)=O)cc2-c2cc(C)no2)cc1. The topological polar surface area (TPSA) is 95.4 Å². The second-order valence-electron chi connectivity index (χ2n) is 6.86. The van der Waals surface area contributed by atoms with Gasteiger partial charge in [-0.1, -0.05) is 53.7 Å². The number of aromatic nitrogens is 1. The Kier molecular flexibility index (Phi) is 5.15. The minimum Gasteiger partial charge on any atom is -0.496 e. The zero-order chi connectivity index (χ0) is 21.3. The van der Waals surface area contributed by atoms with E-state index in [1.165, 1.54) is 12.1 Å². The largest absolute Gasteiger partial charge is 0.496 e. The summed E-state index contributed by atoms with van der Waals surface area (Å²) in [4.78, 5) is 0.0148. The number of methoxy groups -OCH3 is 1. The van der Waals surface area contributed by atoms with Crippen LogP contribution in [0.5, 0.6) is 5.75 Å². The van der Waals surface area contributed by atoms with E-state index in [0.29, 0.717) is 17.0 Å². The van der Waals surface area contributed by atoms with Gasteiger partial charge < -0.3 is 9.26 Å². The first-order valence-electron chi connectivity index (χ1n) is 9.21. The van der Waals surface area contributed by atoms with Crippen LogP contribution in [0.1, 0.15) is 5.69 Å². The van der Waals surface area contributed by atoms with Gasteiger partial charge >= 0.3 is 0 Å². The predicted octanol–water partition coefficient (Wildman–Crippen LogP) is 4.64. The summed E-state index contributed by atoms with van der Waals surface area (Å²) < 4.78 is 34.6. The molecule has 2 N–H and O–H groups in total. The number of ether oxygens (including phenoxy) is 1. The Hall–Kier alpha value is -3.42. The highest BCUT2D eigenvalue weighted by Crippen LogP contribution is 2.36. The Labute approximate surface area is 175 Å². The van der Waals surface area contributed by atoms with Crippen LogP contribution in [0.2, 0.25) is 0 Å². The van der Waals surface area contributed by atoms with E-state index in [2.05, 4.69) is 5.16 Å². The van der Waals surface area contributed by atoms with Crippen LogP contribution in [-0.4, -0.2) is 20.7 Å². The molecule has 0 spiro atoms. The van der Waals surface area contributed by atoms with Crippen LogP contribution in [0.15, 0.2) is 82.2 Å². The van der Waals surface area contributed by atoms with Crippen LogP contribution in [0.3, 0.4) is 0 Å². The summed E-state index contributed by atoms with van der Waals surface area (Å²) in [6.45, 7) is 1.80. The molecule has 0 atom stereocenters. The number of primary sulfonamides is 1. The maximum Gasteiger partial charge on any atom is 0.238 e. The molecule has 1 aromatic heterocycles. The molecule has 1 heterocycles. The lowest BCUT2D eigenvalue weighted by molar-refractivity contribution is 0.416. The van der Waals surface area contributed by atoms with Crippen molar-refractivity contribution >= 4 is 10.0 Å². The lowest BCUT2D eigenvalue weighted by atomic mass is 9.95. The van der Waals surface area contributed by atoms with Gasteiger partial charge in [0.05, 0.1) is 17.7 Å². The standard InChI is InChI=1S/C23H20N2O4S/c1-15-13-23(29-25-15)21-14-18(30(24,26)27)11-12-19(21)16-7-9-17(10-8-16)20-5-3-4-6-22(20)28-2/h3-14H,1-2H3,(H2,24,26,27). The van der Waals surface area contributed by atoms with Gasteiger partial charge in [0.15, 0.2) is 5.76 Å². The normalized spacial score (nSPS) is 11.4. The van der Waals surface area contributed by atoms with E-state index in [4.69, 9.17) is 14.4 Å². The zero-order valence-corrected chi connectivity index (χ0v) is 17.3. The van der Waals surface area contributed by atoms with Crippen molar-refractivity contribution in [1.29, 1.82) is 0 Å². The van der Waals surface area contributed by atoms with Gasteiger partial charge in [0.25, 0.3) is 0 Å². The fourth-order valence-corrected chi connectivity index (χ4v) is 3.90. The summed E-state index contributed by atoms with van der Waals surface area (Å²) in [5, 5.41) is 9.25. The number of sulfonamides is 1. The third-order valence-corrected chi connectivity index (χ3v) is 5.74. The molecule has 0 aliphatic rings. The van der Waals surface area contributed by atoms with Gasteiger partial charge in [0.1, 0.15) is 5.75 Å². The fourth-order valence-electron chi connectivity index (χ4n) is 3.36.